The first kappa shape index (κ1) is 26.8. The number of anilines is 1. The standard InChI is InChI=1S/C23H22ClF3N4O5/c1-3-34-18-6-4-5-14(20(18)36-22(33)23(25,26)27)21(32)30-13-7-8-17(35-10-9-28)15(11-13)19-16(24)12-29-31(19)2/h4-8,11-12H,3,9-10,28H2,1-2H3,(H,30,32). The second-order valence-electron chi connectivity index (χ2n) is 7.22. The summed E-state index contributed by atoms with van der Waals surface area (Å²) < 4.78 is 55.5. The Labute approximate surface area is 208 Å². The van der Waals surface area contributed by atoms with Crippen LogP contribution in [0, 0.1) is 0 Å². The highest BCUT2D eigenvalue weighted by Gasteiger charge is 2.42. The molecule has 0 atom stereocenters. The van der Waals surface area contributed by atoms with Gasteiger partial charge in [0.2, 0.25) is 0 Å². The number of amides is 1. The fraction of sp³-hybridized carbons (Fsp3) is 0.261. The van der Waals surface area contributed by atoms with E-state index in [0.717, 1.165) is 0 Å². The Morgan fingerprint density at radius 3 is 2.53 bits per heavy atom. The predicted octanol–water partition coefficient (Wildman–Crippen LogP) is 4.20. The number of nitrogens with one attached hydrogen (secondary N) is 1. The number of esters is 1. The summed E-state index contributed by atoms with van der Waals surface area (Å²) in [7, 11) is 1.67. The average Bonchev–Trinajstić information content (AvgIpc) is 3.16. The molecular weight excluding hydrogens is 505 g/mol. The van der Waals surface area contributed by atoms with E-state index in [-0.39, 0.29) is 36.8 Å². The van der Waals surface area contributed by atoms with Crippen LogP contribution >= 0.6 is 11.6 Å². The van der Waals surface area contributed by atoms with Gasteiger partial charge in [0, 0.05) is 24.8 Å². The van der Waals surface area contributed by atoms with Crippen LogP contribution in [0.5, 0.6) is 17.2 Å². The number of nitrogens with zero attached hydrogens (tertiary/aromatic N) is 2. The molecule has 3 rings (SSSR count). The fourth-order valence-electron chi connectivity index (χ4n) is 3.22. The first-order chi connectivity index (χ1) is 17.1. The lowest BCUT2D eigenvalue weighted by atomic mass is 10.1. The summed E-state index contributed by atoms with van der Waals surface area (Å²) >= 11 is 6.29. The summed E-state index contributed by atoms with van der Waals surface area (Å²) in [6.45, 7) is 2.11. The molecule has 36 heavy (non-hydrogen) atoms. The quantitative estimate of drug-likeness (QED) is 0.317. The Balaban J connectivity index is 2.00. The SMILES string of the molecule is CCOc1cccc(C(=O)Nc2ccc(OCCN)c(-c3c(Cl)cnn3C)c2)c1OC(=O)C(F)(F)F. The maximum absolute atomic E-state index is 13.1. The van der Waals surface area contributed by atoms with Crippen molar-refractivity contribution in [2.24, 2.45) is 12.8 Å². The third kappa shape index (κ3) is 6.07. The Hall–Kier alpha value is -3.77. The topological polar surface area (TPSA) is 118 Å². The summed E-state index contributed by atoms with van der Waals surface area (Å²) in [6.07, 6.45) is -3.83. The molecule has 1 amide bonds. The molecule has 0 radical (unpaired) electrons. The Kier molecular flexibility index (Phi) is 8.43. The van der Waals surface area contributed by atoms with Crippen molar-refractivity contribution in [1.29, 1.82) is 0 Å². The van der Waals surface area contributed by atoms with Crippen LogP contribution in [-0.4, -0.2) is 47.6 Å². The first-order valence-electron chi connectivity index (χ1n) is 10.6. The zero-order chi connectivity index (χ0) is 26.5. The fourth-order valence-corrected chi connectivity index (χ4v) is 3.49. The lowest BCUT2D eigenvalue weighted by Crippen LogP contribution is -2.29. The molecule has 3 N–H and O–H groups in total. The van der Waals surface area contributed by atoms with Gasteiger partial charge in [0.15, 0.2) is 11.5 Å². The van der Waals surface area contributed by atoms with Gasteiger partial charge in [-0.15, -0.1) is 0 Å². The van der Waals surface area contributed by atoms with E-state index in [9.17, 15) is 22.8 Å². The van der Waals surface area contributed by atoms with Crippen molar-refractivity contribution in [3.05, 3.63) is 53.2 Å². The van der Waals surface area contributed by atoms with E-state index in [1.54, 1.807) is 26.1 Å². The number of ether oxygens (including phenoxy) is 3. The van der Waals surface area contributed by atoms with Crippen molar-refractivity contribution in [3.63, 3.8) is 0 Å². The molecule has 0 saturated heterocycles. The second-order valence-corrected chi connectivity index (χ2v) is 7.63. The van der Waals surface area contributed by atoms with Crippen molar-refractivity contribution in [3.8, 4) is 28.5 Å². The summed E-state index contributed by atoms with van der Waals surface area (Å²) in [5.41, 5.74) is 6.42. The molecule has 0 bridgehead atoms. The van der Waals surface area contributed by atoms with Crippen LogP contribution in [0.3, 0.4) is 0 Å². The maximum atomic E-state index is 13.1. The van der Waals surface area contributed by atoms with Crippen molar-refractivity contribution in [2.45, 2.75) is 13.1 Å². The number of carbonyl (C=O) groups excluding carboxylic acids is 2. The van der Waals surface area contributed by atoms with Crippen LogP contribution in [0.15, 0.2) is 42.6 Å². The Bertz CT molecular complexity index is 1240. The highest BCUT2D eigenvalue weighted by Crippen LogP contribution is 2.38. The van der Waals surface area contributed by atoms with Gasteiger partial charge in [0.05, 0.1) is 29.1 Å². The van der Waals surface area contributed by atoms with Gasteiger partial charge >= 0.3 is 12.1 Å². The minimum Gasteiger partial charge on any atom is -0.492 e. The van der Waals surface area contributed by atoms with Gasteiger partial charge in [-0.05, 0) is 37.3 Å². The molecule has 3 aromatic rings. The van der Waals surface area contributed by atoms with E-state index in [0.29, 0.717) is 22.0 Å². The molecule has 0 saturated carbocycles. The Morgan fingerprint density at radius 2 is 1.92 bits per heavy atom. The number of para-hydroxylation sites is 1. The monoisotopic (exact) mass is 526 g/mol. The van der Waals surface area contributed by atoms with Crippen LogP contribution in [0.1, 0.15) is 17.3 Å². The molecule has 0 aliphatic rings. The minimum absolute atomic E-state index is 0.0563. The molecule has 0 fully saturated rings. The second kappa shape index (κ2) is 11.3. The average molecular weight is 527 g/mol. The van der Waals surface area contributed by atoms with E-state index >= 15 is 0 Å². The lowest BCUT2D eigenvalue weighted by Gasteiger charge is -2.17. The van der Waals surface area contributed by atoms with Gasteiger partial charge in [-0.3, -0.25) is 9.48 Å². The molecule has 9 nitrogen and oxygen atoms in total. The van der Waals surface area contributed by atoms with E-state index < -0.39 is 23.8 Å². The number of alkyl halides is 3. The number of hydrogen-bond donors (Lipinski definition) is 2. The smallest absolute Gasteiger partial charge is 0.491 e. The number of halogens is 4. The molecule has 0 spiro atoms. The molecule has 1 aromatic heterocycles. The first-order valence-corrected chi connectivity index (χ1v) is 11.0. The van der Waals surface area contributed by atoms with E-state index in [1.807, 2.05) is 0 Å². The highest BCUT2D eigenvalue weighted by atomic mass is 35.5. The normalized spacial score (nSPS) is 11.2. The maximum Gasteiger partial charge on any atom is 0.491 e. The van der Waals surface area contributed by atoms with E-state index in [1.165, 1.54) is 35.1 Å². The van der Waals surface area contributed by atoms with Crippen molar-refractivity contribution in [1.82, 2.24) is 9.78 Å². The van der Waals surface area contributed by atoms with Crippen LogP contribution in [-0.2, 0) is 11.8 Å². The number of nitrogens with two attached hydrogens (primary N) is 1. The number of aryl methyl sites for hydroxylation is 1. The van der Waals surface area contributed by atoms with Gasteiger partial charge < -0.3 is 25.3 Å². The molecule has 1 heterocycles. The van der Waals surface area contributed by atoms with E-state index in [4.69, 9.17) is 26.8 Å². The van der Waals surface area contributed by atoms with Crippen molar-refractivity contribution in [2.75, 3.05) is 25.1 Å². The van der Waals surface area contributed by atoms with Crippen LogP contribution in [0.25, 0.3) is 11.3 Å². The zero-order valence-electron chi connectivity index (χ0n) is 19.2. The highest BCUT2D eigenvalue weighted by molar-refractivity contribution is 6.33. The Morgan fingerprint density at radius 1 is 1.17 bits per heavy atom. The molecule has 13 heteroatoms. The summed E-state index contributed by atoms with van der Waals surface area (Å²) in [5, 5.41) is 7.01. The summed E-state index contributed by atoms with van der Waals surface area (Å²) in [6, 6.07) is 8.52. The number of rotatable bonds is 9. The lowest BCUT2D eigenvalue weighted by molar-refractivity contribution is -0.189. The third-order valence-corrected chi connectivity index (χ3v) is 4.99. The number of aromatic nitrogens is 2. The number of carbonyl (C=O) groups is 2. The van der Waals surface area contributed by atoms with Crippen molar-refractivity contribution >= 4 is 29.2 Å². The summed E-state index contributed by atoms with van der Waals surface area (Å²) in [5.74, 6) is -3.77. The third-order valence-electron chi connectivity index (χ3n) is 4.71. The summed E-state index contributed by atoms with van der Waals surface area (Å²) in [4.78, 5) is 24.6. The number of hydrogen-bond acceptors (Lipinski definition) is 7. The van der Waals surface area contributed by atoms with Crippen LogP contribution < -0.4 is 25.3 Å². The van der Waals surface area contributed by atoms with E-state index in [2.05, 4.69) is 15.2 Å². The van der Waals surface area contributed by atoms with Gasteiger partial charge in [-0.1, -0.05) is 17.7 Å². The zero-order valence-corrected chi connectivity index (χ0v) is 19.9. The predicted molar refractivity (Wildman–Crippen MR) is 125 cm³/mol. The molecule has 0 unspecified atom stereocenters. The molecule has 192 valence electrons. The largest absolute Gasteiger partial charge is 0.492 e. The van der Waals surface area contributed by atoms with Gasteiger partial charge in [-0.25, -0.2) is 4.79 Å². The minimum atomic E-state index is -5.27. The molecule has 0 aliphatic heterocycles. The molecule has 0 aliphatic carbocycles. The van der Waals surface area contributed by atoms with Gasteiger partial charge in [0.1, 0.15) is 12.4 Å². The van der Waals surface area contributed by atoms with Crippen molar-refractivity contribution < 1.29 is 37.0 Å². The molecular formula is C23H22ClF3N4O5. The van der Waals surface area contributed by atoms with Crippen LogP contribution in [0.4, 0.5) is 18.9 Å². The van der Waals surface area contributed by atoms with Crippen LogP contribution in [0.2, 0.25) is 5.02 Å². The number of benzene rings is 2. The van der Waals surface area contributed by atoms with Gasteiger partial charge in [0.25, 0.3) is 5.91 Å². The molecule has 2 aromatic carbocycles. The van der Waals surface area contributed by atoms with Gasteiger partial charge in [-0.2, -0.15) is 18.3 Å².